The average Bonchev–Trinajstić information content (AvgIpc) is 2.18. The highest BCUT2D eigenvalue weighted by Crippen LogP contribution is 2.27. The molecule has 0 N–H and O–H groups in total. The summed E-state index contributed by atoms with van der Waals surface area (Å²) in [7, 11) is 0.370. The predicted molar refractivity (Wildman–Crippen MR) is 50.9 cm³/mol. The molecular weight excluding hydrogens is 288 g/mol. The first kappa shape index (κ1) is 14.0. The largest absolute Gasteiger partial charge is 0.484 e. The zero-order valence-corrected chi connectivity index (χ0v) is 9.53. The van der Waals surface area contributed by atoms with Crippen molar-refractivity contribution in [2.24, 2.45) is 0 Å². The molecule has 1 aromatic carbocycles. The van der Waals surface area contributed by atoms with Crippen LogP contribution in [-0.2, 0) is 9.05 Å². The molecule has 0 heterocycles. The molecule has 17 heavy (non-hydrogen) atoms. The Bertz CT molecular complexity index is 518. The minimum Gasteiger partial charge on any atom is -0.484 e. The summed E-state index contributed by atoms with van der Waals surface area (Å²) in [5, 5.41) is 0. The van der Waals surface area contributed by atoms with Gasteiger partial charge >= 0.3 is 0 Å². The Labute approximate surface area is 98.4 Å². The van der Waals surface area contributed by atoms with Crippen molar-refractivity contribution >= 4 is 19.7 Å². The molecule has 0 saturated heterocycles. The van der Waals surface area contributed by atoms with Crippen molar-refractivity contribution in [1.82, 2.24) is 0 Å². The molecular formula is C8H5ClF4O3S. The molecule has 3 nitrogen and oxygen atoms in total. The van der Waals surface area contributed by atoms with Gasteiger partial charge in [-0.25, -0.2) is 21.6 Å². The van der Waals surface area contributed by atoms with Gasteiger partial charge in [0.25, 0.3) is 15.5 Å². The molecule has 0 aromatic heterocycles. The highest BCUT2D eigenvalue weighted by molar-refractivity contribution is 8.13. The summed E-state index contributed by atoms with van der Waals surface area (Å²) in [6.07, 6.45) is -2.87. The van der Waals surface area contributed by atoms with Gasteiger partial charge in [-0.15, -0.1) is 0 Å². The molecule has 1 rings (SSSR count). The SMILES string of the molecule is O=S(=O)(Cl)c1ccc(OCC(F)F)c(F)c1F. The summed E-state index contributed by atoms with van der Waals surface area (Å²) in [6.45, 7) is -1.14. The molecule has 0 bridgehead atoms. The molecule has 0 amide bonds. The van der Waals surface area contributed by atoms with Crippen LogP contribution in [0.5, 0.6) is 5.75 Å². The van der Waals surface area contributed by atoms with Crippen molar-refractivity contribution in [3.63, 3.8) is 0 Å². The number of hydrogen-bond acceptors (Lipinski definition) is 3. The van der Waals surface area contributed by atoms with Gasteiger partial charge in [0, 0.05) is 10.7 Å². The maximum Gasteiger partial charge on any atom is 0.272 e. The monoisotopic (exact) mass is 292 g/mol. The van der Waals surface area contributed by atoms with Crippen molar-refractivity contribution in [2.75, 3.05) is 6.61 Å². The molecule has 0 radical (unpaired) electrons. The third-order valence-corrected chi connectivity index (χ3v) is 2.98. The van der Waals surface area contributed by atoms with Crippen molar-refractivity contribution < 1.29 is 30.7 Å². The van der Waals surface area contributed by atoms with Crippen molar-refractivity contribution in [1.29, 1.82) is 0 Å². The Morgan fingerprint density at radius 3 is 2.29 bits per heavy atom. The minimum absolute atomic E-state index is 0.627. The molecule has 0 atom stereocenters. The van der Waals surface area contributed by atoms with Crippen LogP contribution in [-0.4, -0.2) is 21.5 Å². The molecule has 0 aliphatic heterocycles. The third-order valence-electron chi connectivity index (χ3n) is 1.64. The van der Waals surface area contributed by atoms with E-state index in [4.69, 9.17) is 10.7 Å². The smallest absolute Gasteiger partial charge is 0.272 e. The summed E-state index contributed by atoms with van der Waals surface area (Å²) in [4.78, 5) is -1.08. The summed E-state index contributed by atoms with van der Waals surface area (Å²) in [5.74, 6) is -4.27. The number of alkyl halides is 2. The van der Waals surface area contributed by atoms with Gasteiger partial charge < -0.3 is 4.74 Å². The second-order valence-corrected chi connectivity index (χ2v) is 5.36. The van der Waals surface area contributed by atoms with Gasteiger partial charge in [0.1, 0.15) is 11.5 Å². The van der Waals surface area contributed by atoms with Gasteiger partial charge in [0.15, 0.2) is 11.6 Å². The third kappa shape index (κ3) is 3.47. The fraction of sp³-hybridized carbons (Fsp3) is 0.250. The van der Waals surface area contributed by atoms with Gasteiger partial charge in [-0.2, -0.15) is 4.39 Å². The van der Waals surface area contributed by atoms with Gasteiger partial charge in [0.05, 0.1) is 0 Å². The lowest BCUT2D eigenvalue weighted by Gasteiger charge is -2.08. The van der Waals surface area contributed by atoms with Crippen LogP contribution in [0.4, 0.5) is 17.6 Å². The molecule has 0 aliphatic carbocycles. The first-order valence-electron chi connectivity index (χ1n) is 4.07. The predicted octanol–water partition coefficient (Wildman–Crippen LogP) is 2.54. The van der Waals surface area contributed by atoms with Crippen LogP contribution in [0.15, 0.2) is 17.0 Å². The molecule has 96 valence electrons. The summed E-state index contributed by atoms with van der Waals surface area (Å²) >= 11 is 0. The summed E-state index contributed by atoms with van der Waals surface area (Å²) in [5.41, 5.74) is 0. The summed E-state index contributed by atoms with van der Waals surface area (Å²) in [6, 6.07) is 1.33. The van der Waals surface area contributed by atoms with E-state index in [-0.39, 0.29) is 0 Å². The van der Waals surface area contributed by atoms with Gasteiger partial charge in [0.2, 0.25) is 5.82 Å². The number of hydrogen-bond donors (Lipinski definition) is 0. The molecule has 0 unspecified atom stereocenters. The van der Waals surface area contributed by atoms with E-state index < -0.39 is 44.4 Å². The highest BCUT2D eigenvalue weighted by atomic mass is 35.7. The van der Waals surface area contributed by atoms with Crippen LogP contribution in [0.1, 0.15) is 0 Å². The van der Waals surface area contributed by atoms with Crippen molar-refractivity contribution in [3.8, 4) is 5.75 Å². The zero-order valence-electron chi connectivity index (χ0n) is 7.96. The van der Waals surface area contributed by atoms with E-state index in [1.54, 1.807) is 0 Å². The number of ether oxygens (including phenoxy) is 1. The van der Waals surface area contributed by atoms with E-state index in [1.807, 2.05) is 0 Å². The topological polar surface area (TPSA) is 43.4 Å². The lowest BCUT2D eigenvalue weighted by atomic mass is 10.3. The standard InChI is InChI=1S/C8H5ClF4O3S/c9-17(14,15)5-2-1-4(7(12)8(5)13)16-3-6(10)11/h1-2,6H,3H2. The second-order valence-electron chi connectivity index (χ2n) is 2.83. The molecule has 1 aromatic rings. The molecule has 0 spiro atoms. The maximum atomic E-state index is 13.2. The lowest BCUT2D eigenvalue weighted by molar-refractivity contribution is 0.0794. The molecule has 0 fully saturated rings. The van der Waals surface area contributed by atoms with Crippen LogP contribution in [0.25, 0.3) is 0 Å². The van der Waals surface area contributed by atoms with Crippen molar-refractivity contribution in [3.05, 3.63) is 23.8 Å². The Kier molecular flexibility index (Phi) is 4.21. The van der Waals surface area contributed by atoms with E-state index in [2.05, 4.69) is 4.74 Å². The zero-order chi connectivity index (χ0) is 13.2. The number of halogens is 5. The fourth-order valence-corrected chi connectivity index (χ4v) is 1.86. The highest BCUT2D eigenvalue weighted by Gasteiger charge is 2.22. The molecule has 9 heteroatoms. The van der Waals surface area contributed by atoms with Crippen LogP contribution in [0.3, 0.4) is 0 Å². The number of benzene rings is 1. The Morgan fingerprint density at radius 2 is 1.82 bits per heavy atom. The van der Waals surface area contributed by atoms with E-state index in [9.17, 15) is 26.0 Å². The van der Waals surface area contributed by atoms with Crippen LogP contribution >= 0.6 is 10.7 Å². The van der Waals surface area contributed by atoms with Crippen LogP contribution in [0.2, 0.25) is 0 Å². The van der Waals surface area contributed by atoms with E-state index in [0.29, 0.717) is 12.1 Å². The normalized spacial score (nSPS) is 11.9. The second kappa shape index (κ2) is 5.09. The van der Waals surface area contributed by atoms with E-state index in [0.717, 1.165) is 0 Å². The van der Waals surface area contributed by atoms with Gasteiger partial charge in [-0.3, -0.25) is 0 Å². The average molecular weight is 293 g/mol. The maximum absolute atomic E-state index is 13.2. The van der Waals surface area contributed by atoms with Crippen molar-refractivity contribution in [2.45, 2.75) is 11.3 Å². The van der Waals surface area contributed by atoms with E-state index in [1.165, 1.54) is 0 Å². The first-order valence-corrected chi connectivity index (χ1v) is 6.38. The number of rotatable bonds is 4. The van der Waals surface area contributed by atoms with E-state index >= 15 is 0 Å². The quantitative estimate of drug-likeness (QED) is 0.633. The Morgan fingerprint density at radius 1 is 1.24 bits per heavy atom. The lowest BCUT2D eigenvalue weighted by Crippen LogP contribution is -2.09. The first-order chi connectivity index (χ1) is 7.73. The van der Waals surface area contributed by atoms with Gasteiger partial charge in [-0.05, 0) is 12.1 Å². The summed E-state index contributed by atoms with van der Waals surface area (Å²) < 4.78 is 75.7. The van der Waals surface area contributed by atoms with Crippen LogP contribution in [0, 0.1) is 11.6 Å². The van der Waals surface area contributed by atoms with Crippen LogP contribution < -0.4 is 4.74 Å². The minimum atomic E-state index is -4.45. The van der Waals surface area contributed by atoms with Gasteiger partial charge in [-0.1, -0.05) is 0 Å². The molecule has 0 aliphatic rings. The fourth-order valence-electron chi connectivity index (χ4n) is 0.967. The Hall–Kier alpha value is -1.02. The molecule has 0 saturated carbocycles. The Balaban J connectivity index is 3.11.